The smallest absolute Gasteiger partial charge is 0.263 e. The third kappa shape index (κ3) is 2.81. The van der Waals surface area contributed by atoms with Gasteiger partial charge in [-0.25, -0.2) is 14.4 Å². The van der Waals surface area contributed by atoms with Gasteiger partial charge in [-0.1, -0.05) is 0 Å². The Bertz CT molecular complexity index is 730. The van der Waals surface area contributed by atoms with Crippen molar-refractivity contribution in [2.24, 2.45) is 0 Å². The predicted octanol–water partition coefficient (Wildman–Crippen LogP) is 2.43. The molecule has 1 saturated heterocycles. The average molecular weight is 332 g/mol. The molecule has 2 aromatic rings. The summed E-state index contributed by atoms with van der Waals surface area (Å²) in [5.74, 6) is 0.761. The second kappa shape index (κ2) is 5.88. The number of carbonyl (C=O) groups is 1. The van der Waals surface area contributed by atoms with E-state index < -0.39 is 6.17 Å². The molecule has 0 spiro atoms. The van der Waals surface area contributed by atoms with Crippen molar-refractivity contribution in [2.75, 3.05) is 24.5 Å². The molecule has 1 fully saturated rings. The summed E-state index contributed by atoms with van der Waals surface area (Å²) in [6.45, 7) is 1.90. The molecule has 1 unspecified atom stereocenters. The Hall–Kier alpha value is -2.02. The summed E-state index contributed by atoms with van der Waals surface area (Å²) >= 11 is 1.40. The fraction of sp³-hybridized carbons (Fsp3) is 0.438. The van der Waals surface area contributed by atoms with Crippen molar-refractivity contribution >= 4 is 23.1 Å². The number of rotatable bonds is 2. The second-order valence-corrected chi connectivity index (χ2v) is 6.89. The minimum atomic E-state index is -0.769. The molecular formula is C16H17FN4OS. The van der Waals surface area contributed by atoms with Gasteiger partial charge in [0.25, 0.3) is 5.91 Å². The van der Waals surface area contributed by atoms with E-state index in [1.807, 2.05) is 17.0 Å². The molecule has 4 heterocycles. The van der Waals surface area contributed by atoms with Crippen molar-refractivity contribution in [2.45, 2.75) is 25.4 Å². The van der Waals surface area contributed by atoms with E-state index in [1.54, 1.807) is 6.20 Å². The van der Waals surface area contributed by atoms with E-state index in [0.29, 0.717) is 24.4 Å². The van der Waals surface area contributed by atoms with Gasteiger partial charge in [-0.3, -0.25) is 4.79 Å². The van der Waals surface area contributed by atoms with E-state index in [1.165, 1.54) is 11.3 Å². The van der Waals surface area contributed by atoms with Gasteiger partial charge in [0.2, 0.25) is 0 Å². The summed E-state index contributed by atoms with van der Waals surface area (Å²) in [5.41, 5.74) is 1.77. The highest BCUT2D eigenvalue weighted by Gasteiger charge is 2.23. The lowest BCUT2D eigenvalue weighted by atomic mass is 10.1. The lowest BCUT2D eigenvalue weighted by Gasteiger charge is -2.29. The number of halogens is 1. The van der Waals surface area contributed by atoms with Gasteiger partial charge >= 0.3 is 0 Å². The predicted molar refractivity (Wildman–Crippen MR) is 87.7 cm³/mol. The van der Waals surface area contributed by atoms with Crippen LogP contribution in [0.2, 0.25) is 0 Å². The Morgan fingerprint density at radius 2 is 2.30 bits per heavy atom. The zero-order valence-corrected chi connectivity index (χ0v) is 13.4. The number of pyridine rings is 1. The number of anilines is 1. The maximum absolute atomic E-state index is 13.5. The quantitative estimate of drug-likeness (QED) is 0.918. The van der Waals surface area contributed by atoms with E-state index in [4.69, 9.17) is 0 Å². The van der Waals surface area contributed by atoms with Crippen molar-refractivity contribution in [3.63, 3.8) is 0 Å². The SMILES string of the molecule is O=C1NCCc2nc(-c3ccc(N4CCCC(F)C4)nc3)sc21. The van der Waals surface area contributed by atoms with Crippen molar-refractivity contribution < 1.29 is 9.18 Å². The number of hydrogen-bond acceptors (Lipinski definition) is 5. The molecule has 0 aliphatic carbocycles. The fourth-order valence-electron chi connectivity index (χ4n) is 3.03. The minimum absolute atomic E-state index is 0.0399. The lowest BCUT2D eigenvalue weighted by Crippen LogP contribution is -2.36. The van der Waals surface area contributed by atoms with Crippen molar-refractivity contribution in [1.82, 2.24) is 15.3 Å². The zero-order valence-electron chi connectivity index (χ0n) is 12.6. The van der Waals surface area contributed by atoms with Gasteiger partial charge in [-0.05, 0) is 25.0 Å². The molecular weight excluding hydrogens is 315 g/mol. The summed E-state index contributed by atoms with van der Waals surface area (Å²) < 4.78 is 13.5. The number of nitrogens with one attached hydrogen (secondary N) is 1. The molecule has 120 valence electrons. The van der Waals surface area contributed by atoms with E-state index >= 15 is 0 Å². The van der Waals surface area contributed by atoms with Crippen molar-refractivity contribution in [3.8, 4) is 10.6 Å². The average Bonchev–Trinajstić information content (AvgIpc) is 3.01. The first-order valence-electron chi connectivity index (χ1n) is 7.84. The molecule has 0 radical (unpaired) electrons. The highest BCUT2D eigenvalue weighted by atomic mass is 32.1. The number of carbonyl (C=O) groups excluding carboxylic acids is 1. The summed E-state index contributed by atoms with van der Waals surface area (Å²) in [5, 5.41) is 3.65. The monoisotopic (exact) mass is 332 g/mol. The van der Waals surface area contributed by atoms with Crippen LogP contribution in [0, 0.1) is 0 Å². The zero-order chi connectivity index (χ0) is 15.8. The highest BCUT2D eigenvalue weighted by Crippen LogP contribution is 2.30. The number of hydrogen-bond donors (Lipinski definition) is 1. The highest BCUT2D eigenvalue weighted by molar-refractivity contribution is 7.17. The van der Waals surface area contributed by atoms with Crippen LogP contribution < -0.4 is 10.2 Å². The molecule has 23 heavy (non-hydrogen) atoms. The van der Waals surface area contributed by atoms with E-state index in [2.05, 4.69) is 15.3 Å². The van der Waals surface area contributed by atoms with E-state index in [9.17, 15) is 9.18 Å². The summed E-state index contributed by atoms with van der Waals surface area (Å²) in [4.78, 5) is 23.5. The van der Waals surface area contributed by atoms with Crippen LogP contribution in [0.4, 0.5) is 10.2 Å². The maximum atomic E-state index is 13.5. The number of alkyl halides is 1. The second-order valence-electron chi connectivity index (χ2n) is 5.89. The number of piperidine rings is 1. The van der Waals surface area contributed by atoms with Crippen LogP contribution in [0.25, 0.3) is 10.6 Å². The first-order chi connectivity index (χ1) is 11.2. The number of amides is 1. The number of fused-ring (bicyclic) bond motifs is 1. The molecule has 7 heteroatoms. The largest absolute Gasteiger partial charge is 0.354 e. The number of nitrogens with zero attached hydrogens (tertiary/aromatic N) is 3. The van der Waals surface area contributed by atoms with Gasteiger partial charge in [-0.15, -0.1) is 11.3 Å². The Kier molecular flexibility index (Phi) is 3.72. The molecule has 5 nitrogen and oxygen atoms in total. The van der Waals surface area contributed by atoms with Crippen LogP contribution in [0.3, 0.4) is 0 Å². The van der Waals surface area contributed by atoms with Crippen LogP contribution in [-0.2, 0) is 6.42 Å². The van der Waals surface area contributed by atoms with Gasteiger partial charge in [0.1, 0.15) is 21.9 Å². The van der Waals surface area contributed by atoms with Crippen LogP contribution in [-0.4, -0.2) is 41.7 Å². The van der Waals surface area contributed by atoms with Crippen LogP contribution >= 0.6 is 11.3 Å². The molecule has 2 aliphatic heterocycles. The normalized spacial score (nSPS) is 21.0. The van der Waals surface area contributed by atoms with Gasteiger partial charge < -0.3 is 10.2 Å². The molecule has 0 saturated carbocycles. The van der Waals surface area contributed by atoms with E-state index in [0.717, 1.165) is 41.5 Å². The number of thiazole rings is 1. The molecule has 1 N–H and O–H groups in total. The Morgan fingerprint density at radius 3 is 3.04 bits per heavy atom. The first kappa shape index (κ1) is 14.6. The Morgan fingerprint density at radius 1 is 1.39 bits per heavy atom. The summed E-state index contributed by atoms with van der Waals surface area (Å²) in [6.07, 6.45) is 3.27. The summed E-state index contributed by atoms with van der Waals surface area (Å²) in [6, 6.07) is 3.86. The molecule has 2 aromatic heterocycles. The lowest BCUT2D eigenvalue weighted by molar-refractivity contribution is 0.0950. The third-order valence-corrected chi connectivity index (χ3v) is 5.38. The molecule has 4 rings (SSSR count). The van der Waals surface area contributed by atoms with Crippen LogP contribution in [0.1, 0.15) is 28.2 Å². The molecule has 0 bridgehead atoms. The fourth-order valence-corrected chi connectivity index (χ4v) is 4.05. The third-order valence-electron chi connectivity index (χ3n) is 4.23. The maximum Gasteiger partial charge on any atom is 0.263 e. The van der Waals surface area contributed by atoms with Gasteiger partial charge in [0, 0.05) is 31.3 Å². The molecule has 1 atom stereocenters. The molecule has 2 aliphatic rings. The van der Waals surface area contributed by atoms with Crippen molar-refractivity contribution in [1.29, 1.82) is 0 Å². The Balaban J connectivity index is 1.57. The van der Waals surface area contributed by atoms with Gasteiger partial charge in [0.15, 0.2) is 0 Å². The van der Waals surface area contributed by atoms with Crippen LogP contribution in [0.15, 0.2) is 18.3 Å². The van der Waals surface area contributed by atoms with Gasteiger partial charge in [-0.2, -0.15) is 0 Å². The first-order valence-corrected chi connectivity index (χ1v) is 8.66. The van der Waals surface area contributed by atoms with Crippen molar-refractivity contribution in [3.05, 3.63) is 28.9 Å². The van der Waals surface area contributed by atoms with E-state index in [-0.39, 0.29) is 5.91 Å². The van der Waals surface area contributed by atoms with Crippen LogP contribution in [0.5, 0.6) is 0 Å². The van der Waals surface area contributed by atoms with Gasteiger partial charge in [0.05, 0.1) is 12.2 Å². The number of aromatic nitrogens is 2. The minimum Gasteiger partial charge on any atom is -0.354 e. The summed E-state index contributed by atoms with van der Waals surface area (Å²) in [7, 11) is 0. The molecule has 0 aromatic carbocycles. The Labute approximate surface area is 137 Å². The molecule has 1 amide bonds. The topological polar surface area (TPSA) is 58.1 Å². The standard InChI is InChI=1S/C16H17FN4OS/c17-11-2-1-7-21(9-11)13-4-3-10(8-19-13)16-20-12-5-6-18-15(22)14(12)23-16/h3-4,8,11H,1-2,5-7,9H2,(H,18,22).